The predicted octanol–water partition coefficient (Wildman–Crippen LogP) is 2.90. The zero-order valence-electron chi connectivity index (χ0n) is 4.70. The van der Waals surface area contributed by atoms with E-state index in [9.17, 15) is 4.39 Å². The maximum atomic E-state index is 12.8. The van der Waals surface area contributed by atoms with Crippen molar-refractivity contribution in [2.45, 2.75) is 6.61 Å². The van der Waals surface area contributed by atoms with Crippen LogP contribution in [0, 0.1) is 5.82 Å². The van der Waals surface area contributed by atoms with E-state index in [1.165, 1.54) is 11.3 Å². The maximum Gasteiger partial charge on any atom is 0.154 e. The first-order valence-corrected chi connectivity index (χ1v) is 4.80. The molecule has 5 heteroatoms. The lowest BCUT2D eigenvalue weighted by atomic mass is 10.5. The number of hydrogen-bond donors (Lipinski definition) is 1. The molecule has 0 aliphatic carbocycles. The van der Waals surface area contributed by atoms with Crippen molar-refractivity contribution in [1.82, 2.24) is 0 Å². The third-order valence-corrected chi connectivity index (χ3v) is 4.33. The van der Waals surface area contributed by atoms with Gasteiger partial charge in [0.25, 0.3) is 0 Å². The van der Waals surface area contributed by atoms with Crippen LogP contribution >= 0.6 is 43.2 Å². The molecule has 1 nitrogen and oxygen atoms in total. The average molecular weight is 290 g/mol. The Kier molecular flexibility index (Phi) is 2.85. The third-order valence-electron chi connectivity index (χ3n) is 0.966. The lowest BCUT2D eigenvalue weighted by molar-refractivity contribution is 0.280. The molecular formula is C5H3Br2FOS. The molecule has 0 fully saturated rings. The normalized spacial score (nSPS) is 10.4. The van der Waals surface area contributed by atoms with Gasteiger partial charge in [-0.1, -0.05) is 0 Å². The molecule has 56 valence electrons. The summed E-state index contributed by atoms with van der Waals surface area (Å²) in [6.45, 7) is -0.249. The number of aliphatic hydroxyl groups is 1. The van der Waals surface area contributed by atoms with Crippen molar-refractivity contribution >= 4 is 43.2 Å². The summed E-state index contributed by atoms with van der Waals surface area (Å²) in [4.78, 5) is 0.346. The van der Waals surface area contributed by atoms with Gasteiger partial charge in [-0.15, -0.1) is 11.3 Å². The molecule has 1 aromatic heterocycles. The summed E-state index contributed by atoms with van der Waals surface area (Å²) in [5, 5.41) is 8.58. The molecule has 0 aromatic carbocycles. The summed E-state index contributed by atoms with van der Waals surface area (Å²) in [6.07, 6.45) is 0. The zero-order chi connectivity index (χ0) is 7.72. The van der Waals surface area contributed by atoms with Crippen LogP contribution < -0.4 is 0 Å². The van der Waals surface area contributed by atoms with Gasteiger partial charge in [0.15, 0.2) is 5.82 Å². The fourth-order valence-electron chi connectivity index (χ4n) is 0.508. The van der Waals surface area contributed by atoms with Gasteiger partial charge in [-0.05, 0) is 31.9 Å². The topological polar surface area (TPSA) is 20.2 Å². The second-order valence-corrected chi connectivity index (χ2v) is 4.80. The second kappa shape index (κ2) is 3.30. The van der Waals surface area contributed by atoms with Crippen LogP contribution in [0.3, 0.4) is 0 Å². The van der Waals surface area contributed by atoms with Crippen LogP contribution in [0.2, 0.25) is 0 Å². The van der Waals surface area contributed by atoms with Gasteiger partial charge in [-0.25, -0.2) is 4.39 Å². The van der Waals surface area contributed by atoms with Crippen LogP contribution in [-0.2, 0) is 6.61 Å². The molecule has 0 aliphatic heterocycles. The smallest absolute Gasteiger partial charge is 0.154 e. The summed E-state index contributed by atoms with van der Waals surface area (Å²) >= 11 is 7.33. The summed E-state index contributed by atoms with van der Waals surface area (Å²) in [5.41, 5.74) is 0. The standard InChI is InChI=1S/C5H3Br2FOS/c6-3-4(8)2(1-9)10-5(3)7/h9H,1H2. The number of rotatable bonds is 1. The number of aliphatic hydroxyl groups excluding tert-OH is 1. The highest BCUT2D eigenvalue weighted by Gasteiger charge is 2.12. The van der Waals surface area contributed by atoms with E-state index in [0.29, 0.717) is 13.1 Å². The molecule has 1 rings (SSSR count). The van der Waals surface area contributed by atoms with Gasteiger partial charge in [0.1, 0.15) is 0 Å². The SMILES string of the molecule is OCc1sc(Br)c(Br)c1F. The molecule has 0 radical (unpaired) electrons. The summed E-state index contributed by atoms with van der Waals surface area (Å²) in [6, 6.07) is 0. The van der Waals surface area contributed by atoms with Gasteiger partial charge in [-0.3, -0.25) is 0 Å². The van der Waals surface area contributed by atoms with Crippen LogP contribution in [-0.4, -0.2) is 5.11 Å². The van der Waals surface area contributed by atoms with Gasteiger partial charge in [-0.2, -0.15) is 0 Å². The van der Waals surface area contributed by atoms with Crippen molar-refractivity contribution in [3.8, 4) is 0 Å². The maximum absolute atomic E-state index is 12.8. The van der Waals surface area contributed by atoms with E-state index in [-0.39, 0.29) is 12.4 Å². The molecule has 0 saturated carbocycles. The predicted molar refractivity (Wildman–Crippen MR) is 45.6 cm³/mol. The Bertz CT molecular complexity index is 248. The van der Waals surface area contributed by atoms with Crippen molar-refractivity contribution in [2.24, 2.45) is 0 Å². The van der Waals surface area contributed by atoms with E-state index < -0.39 is 0 Å². The molecule has 0 atom stereocenters. The minimum absolute atomic E-state index is 0.249. The lowest BCUT2D eigenvalue weighted by Gasteiger charge is -1.85. The molecule has 0 unspecified atom stereocenters. The largest absolute Gasteiger partial charge is 0.391 e. The van der Waals surface area contributed by atoms with Gasteiger partial charge in [0, 0.05) is 0 Å². The van der Waals surface area contributed by atoms with E-state index in [1.807, 2.05) is 0 Å². The molecule has 10 heavy (non-hydrogen) atoms. The Morgan fingerprint density at radius 3 is 2.30 bits per heavy atom. The van der Waals surface area contributed by atoms with Crippen LogP contribution in [0.15, 0.2) is 8.26 Å². The lowest BCUT2D eigenvalue weighted by Crippen LogP contribution is -1.79. The highest BCUT2D eigenvalue weighted by Crippen LogP contribution is 2.35. The van der Waals surface area contributed by atoms with E-state index in [4.69, 9.17) is 5.11 Å². The van der Waals surface area contributed by atoms with E-state index in [0.717, 1.165) is 0 Å². The first-order valence-electron chi connectivity index (χ1n) is 2.39. The second-order valence-electron chi connectivity index (χ2n) is 1.59. The molecule has 1 N–H and O–H groups in total. The van der Waals surface area contributed by atoms with Crippen LogP contribution in [0.25, 0.3) is 0 Å². The molecule has 0 spiro atoms. The Labute approximate surface area is 78.1 Å². The van der Waals surface area contributed by atoms with E-state index >= 15 is 0 Å². The number of thiophene rings is 1. The van der Waals surface area contributed by atoms with Gasteiger partial charge in [0.2, 0.25) is 0 Å². The first kappa shape index (κ1) is 8.64. The molecule has 1 heterocycles. The van der Waals surface area contributed by atoms with Crippen LogP contribution in [0.5, 0.6) is 0 Å². The molecule has 0 aliphatic rings. The summed E-state index contributed by atoms with van der Waals surface area (Å²) < 4.78 is 13.9. The van der Waals surface area contributed by atoms with Crippen molar-refractivity contribution in [2.75, 3.05) is 0 Å². The average Bonchev–Trinajstić information content (AvgIpc) is 2.17. The van der Waals surface area contributed by atoms with Crippen molar-refractivity contribution in [1.29, 1.82) is 0 Å². The van der Waals surface area contributed by atoms with E-state index in [2.05, 4.69) is 31.9 Å². The Balaban J connectivity index is 3.17. The van der Waals surface area contributed by atoms with Crippen molar-refractivity contribution in [3.63, 3.8) is 0 Å². The molecule has 0 amide bonds. The molecule has 1 aromatic rings. The van der Waals surface area contributed by atoms with Gasteiger partial charge >= 0.3 is 0 Å². The molecule has 0 bridgehead atoms. The van der Waals surface area contributed by atoms with Crippen LogP contribution in [0.1, 0.15) is 4.88 Å². The minimum Gasteiger partial charge on any atom is -0.391 e. The summed E-state index contributed by atoms with van der Waals surface area (Å²) in [7, 11) is 0. The third kappa shape index (κ3) is 1.42. The number of hydrogen-bond acceptors (Lipinski definition) is 2. The Hall–Kier alpha value is 0.550. The molecule has 0 saturated heterocycles. The van der Waals surface area contributed by atoms with E-state index in [1.54, 1.807) is 0 Å². The molecular weight excluding hydrogens is 287 g/mol. The minimum atomic E-state index is -0.376. The van der Waals surface area contributed by atoms with Gasteiger partial charge < -0.3 is 5.11 Å². The quantitative estimate of drug-likeness (QED) is 0.843. The van der Waals surface area contributed by atoms with Crippen molar-refractivity contribution in [3.05, 3.63) is 19.0 Å². The zero-order valence-corrected chi connectivity index (χ0v) is 8.68. The highest BCUT2D eigenvalue weighted by molar-refractivity contribution is 9.13. The fourth-order valence-corrected chi connectivity index (χ4v) is 2.53. The first-order chi connectivity index (χ1) is 4.66. The monoisotopic (exact) mass is 288 g/mol. The Morgan fingerprint density at radius 1 is 1.50 bits per heavy atom. The Morgan fingerprint density at radius 2 is 2.10 bits per heavy atom. The van der Waals surface area contributed by atoms with Crippen LogP contribution in [0.4, 0.5) is 4.39 Å². The van der Waals surface area contributed by atoms with Crippen molar-refractivity contribution < 1.29 is 9.50 Å². The number of halogens is 3. The van der Waals surface area contributed by atoms with Gasteiger partial charge in [0.05, 0.1) is 19.7 Å². The fraction of sp³-hybridized carbons (Fsp3) is 0.200. The summed E-state index contributed by atoms with van der Waals surface area (Å²) in [5.74, 6) is -0.376. The highest BCUT2D eigenvalue weighted by atomic mass is 79.9.